The van der Waals surface area contributed by atoms with Crippen LogP contribution in [0, 0.1) is 0 Å². The second kappa shape index (κ2) is 6.67. The highest BCUT2D eigenvalue weighted by molar-refractivity contribution is 7.80. The number of rotatable bonds is 3. The van der Waals surface area contributed by atoms with E-state index in [1.807, 2.05) is 35.6 Å². The molecule has 3 rings (SSSR count). The molecule has 3 nitrogen and oxygen atoms in total. The monoisotopic (exact) mass is 332 g/mol. The third-order valence-corrected chi connectivity index (χ3v) is 5.42. The van der Waals surface area contributed by atoms with E-state index in [1.54, 1.807) is 7.11 Å². The lowest BCUT2D eigenvalue weighted by Gasteiger charge is -2.37. The summed E-state index contributed by atoms with van der Waals surface area (Å²) in [6, 6.07) is 10.5. The summed E-state index contributed by atoms with van der Waals surface area (Å²) in [7, 11) is 1.67. The first-order chi connectivity index (χ1) is 10.7. The van der Waals surface area contributed by atoms with Gasteiger partial charge in [-0.05, 0) is 66.3 Å². The molecule has 1 N–H and O–H groups in total. The molecule has 0 spiro atoms. The maximum absolute atomic E-state index is 5.65. The average Bonchev–Trinajstić information content (AvgIpc) is 3.03. The maximum atomic E-state index is 5.65. The van der Waals surface area contributed by atoms with Crippen molar-refractivity contribution < 1.29 is 4.74 Å². The number of methoxy groups -OCH3 is 1. The van der Waals surface area contributed by atoms with Gasteiger partial charge in [0.15, 0.2) is 5.11 Å². The maximum Gasteiger partial charge on any atom is 0.173 e. The fourth-order valence-electron chi connectivity index (χ4n) is 2.95. The molecule has 0 saturated carbocycles. The molecule has 2 heterocycles. The molecule has 1 aliphatic heterocycles. The summed E-state index contributed by atoms with van der Waals surface area (Å²) >= 11 is 7.51. The zero-order valence-electron chi connectivity index (χ0n) is 12.8. The third-order valence-electron chi connectivity index (χ3n) is 4.08. The minimum absolute atomic E-state index is 0.383. The van der Waals surface area contributed by atoms with Crippen LogP contribution in [0.3, 0.4) is 0 Å². The van der Waals surface area contributed by atoms with Gasteiger partial charge in [-0.15, -0.1) is 11.3 Å². The van der Waals surface area contributed by atoms with Crippen molar-refractivity contribution >= 4 is 34.4 Å². The Bertz CT molecular complexity index is 651. The highest BCUT2D eigenvalue weighted by Crippen LogP contribution is 2.35. The molecule has 22 heavy (non-hydrogen) atoms. The smallest absolute Gasteiger partial charge is 0.173 e. The van der Waals surface area contributed by atoms with E-state index in [4.69, 9.17) is 17.0 Å². The number of thiophene rings is 1. The van der Waals surface area contributed by atoms with Gasteiger partial charge in [-0.1, -0.05) is 6.92 Å². The second-order valence-electron chi connectivity index (χ2n) is 5.33. The standard InChI is InChI=1S/C17H20N2OS2/c1-3-15-14-9-11-22-16(14)8-10-19(15)17(21)18-12-4-6-13(20-2)7-5-12/h4-7,9,11,15H,3,8,10H2,1-2H3,(H,18,21)/t15-/m0/s1. The molecule has 1 aromatic carbocycles. The topological polar surface area (TPSA) is 24.5 Å². The van der Waals surface area contributed by atoms with Crippen LogP contribution in [0.4, 0.5) is 5.69 Å². The Hall–Kier alpha value is -1.59. The summed E-state index contributed by atoms with van der Waals surface area (Å²) in [5, 5.41) is 6.35. The van der Waals surface area contributed by atoms with E-state index in [0.717, 1.165) is 35.9 Å². The van der Waals surface area contributed by atoms with Gasteiger partial charge < -0.3 is 15.0 Å². The van der Waals surface area contributed by atoms with Crippen molar-refractivity contribution in [3.8, 4) is 5.75 Å². The summed E-state index contributed by atoms with van der Waals surface area (Å²) in [6.07, 6.45) is 2.14. The number of hydrogen-bond donors (Lipinski definition) is 1. The predicted octanol–water partition coefficient (Wildman–Crippen LogP) is 4.46. The largest absolute Gasteiger partial charge is 0.497 e. The first-order valence-electron chi connectivity index (χ1n) is 7.51. The van der Waals surface area contributed by atoms with E-state index < -0.39 is 0 Å². The van der Waals surface area contributed by atoms with E-state index >= 15 is 0 Å². The third kappa shape index (κ3) is 2.96. The van der Waals surface area contributed by atoms with Gasteiger partial charge in [-0.25, -0.2) is 0 Å². The Morgan fingerprint density at radius 1 is 1.36 bits per heavy atom. The van der Waals surface area contributed by atoms with E-state index in [0.29, 0.717) is 6.04 Å². The van der Waals surface area contributed by atoms with E-state index in [-0.39, 0.29) is 0 Å². The highest BCUT2D eigenvalue weighted by atomic mass is 32.1. The normalized spacial score (nSPS) is 17.0. The minimum Gasteiger partial charge on any atom is -0.497 e. The van der Waals surface area contributed by atoms with Crippen LogP contribution >= 0.6 is 23.6 Å². The minimum atomic E-state index is 0.383. The molecule has 0 amide bonds. The van der Waals surface area contributed by atoms with E-state index in [1.165, 1.54) is 10.4 Å². The molecule has 0 unspecified atom stereocenters. The van der Waals surface area contributed by atoms with Gasteiger partial charge in [0.25, 0.3) is 0 Å². The number of hydrogen-bond acceptors (Lipinski definition) is 3. The van der Waals surface area contributed by atoms with E-state index in [2.05, 4.69) is 28.6 Å². The van der Waals surface area contributed by atoms with Gasteiger partial charge in [0.05, 0.1) is 13.2 Å². The van der Waals surface area contributed by atoms with Crippen molar-refractivity contribution in [3.63, 3.8) is 0 Å². The highest BCUT2D eigenvalue weighted by Gasteiger charge is 2.28. The lowest BCUT2D eigenvalue weighted by Crippen LogP contribution is -2.41. The number of thiocarbonyl (C=S) groups is 1. The van der Waals surface area contributed by atoms with Crippen LogP contribution in [0.15, 0.2) is 35.7 Å². The Morgan fingerprint density at radius 2 is 2.14 bits per heavy atom. The first-order valence-corrected chi connectivity index (χ1v) is 8.79. The van der Waals surface area contributed by atoms with Crippen molar-refractivity contribution in [1.82, 2.24) is 4.90 Å². The van der Waals surface area contributed by atoms with Crippen LogP contribution in [0.5, 0.6) is 5.75 Å². The number of benzene rings is 1. The van der Waals surface area contributed by atoms with Crippen LogP contribution in [0.2, 0.25) is 0 Å². The molecule has 2 aromatic rings. The first kappa shape index (κ1) is 15.3. The molecule has 1 aromatic heterocycles. The summed E-state index contributed by atoms with van der Waals surface area (Å²) in [5.41, 5.74) is 2.44. The van der Waals surface area contributed by atoms with Crippen molar-refractivity contribution in [1.29, 1.82) is 0 Å². The fraction of sp³-hybridized carbons (Fsp3) is 0.353. The van der Waals surface area contributed by atoms with Crippen molar-refractivity contribution in [2.45, 2.75) is 25.8 Å². The van der Waals surface area contributed by atoms with Gasteiger partial charge in [-0.2, -0.15) is 0 Å². The Balaban J connectivity index is 1.74. The van der Waals surface area contributed by atoms with Crippen molar-refractivity contribution in [2.75, 3.05) is 19.0 Å². The number of fused-ring (bicyclic) bond motifs is 1. The quantitative estimate of drug-likeness (QED) is 0.839. The van der Waals surface area contributed by atoms with Crippen LogP contribution in [-0.4, -0.2) is 23.7 Å². The molecule has 116 valence electrons. The van der Waals surface area contributed by atoms with Gasteiger partial charge >= 0.3 is 0 Å². The van der Waals surface area contributed by atoms with Crippen LogP contribution in [0.1, 0.15) is 29.8 Å². The molecule has 0 fully saturated rings. The average molecular weight is 332 g/mol. The molecule has 1 aliphatic rings. The molecular weight excluding hydrogens is 312 g/mol. The zero-order valence-corrected chi connectivity index (χ0v) is 14.5. The molecule has 0 bridgehead atoms. The van der Waals surface area contributed by atoms with Crippen LogP contribution < -0.4 is 10.1 Å². The molecule has 1 atom stereocenters. The van der Waals surface area contributed by atoms with Crippen LogP contribution in [0.25, 0.3) is 0 Å². The summed E-state index contributed by atoms with van der Waals surface area (Å²) in [4.78, 5) is 3.82. The molecule has 5 heteroatoms. The number of ether oxygens (including phenoxy) is 1. The second-order valence-corrected chi connectivity index (χ2v) is 6.71. The Labute approximate surface area is 140 Å². The Kier molecular flexibility index (Phi) is 4.64. The van der Waals surface area contributed by atoms with Gasteiger partial charge in [0, 0.05) is 17.1 Å². The summed E-state index contributed by atoms with van der Waals surface area (Å²) < 4.78 is 5.19. The van der Waals surface area contributed by atoms with E-state index in [9.17, 15) is 0 Å². The van der Waals surface area contributed by atoms with Gasteiger partial charge in [0.2, 0.25) is 0 Å². The van der Waals surface area contributed by atoms with Crippen molar-refractivity contribution in [3.05, 3.63) is 46.2 Å². The SMILES string of the molecule is CC[C@H]1c2ccsc2CCN1C(=S)Nc1ccc(OC)cc1. The molecular formula is C17H20N2OS2. The lowest BCUT2D eigenvalue weighted by atomic mass is 9.98. The molecule has 0 saturated heterocycles. The van der Waals surface area contributed by atoms with Gasteiger partial charge in [0.1, 0.15) is 5.75 Å². The van der Waals surface area contributed by atoms with Gasteiger partial charge in [-0.3, -0.25) is 0 Å². The Morgan fingerprint density at radius 3 is 2.82 bits per heavy atom. The number of nitrogens with zero attached hydrogens (tertiary/aromatic N) is 1. The molecule has 0 aliphatic carbocycles. The van der Waals surface area contributed by atoms with Crippen molar-refractivity contribution in [2.24, 2.45) is 0 Å². The summed E-state index contributed by atoms with van der Waals surface area (Å²) in [5.74, 6) is 0.851. The lowest BCUT2D eigenvalue weighted by molar-refractivity contribution is 0.298. The van der Waals surface area contributed by atoms with Crippen LogP contribution in [-0.2, 0) is 6.42 Å². The fourth-order valence-corrected chi connectivity index (χ4v) is 4.21. The number of nitrogens with one attached hydrogen (secondary N) is 1. The molecule has 0 radical (unpaired) electrons. The zero-order chi connectivity index (χ0) is 15.5. The predicted molar refractivity (Wildman–Crippen MR) is 97.0 cm³/mol. The number of anilines is 1. The summed E-state index contributed by atoms with van der Waals surface area (Å²) in [6.45, 7) is 3.20.